The number of amides is 3. The summed E-state index contributed by atoms with van der Waals surface area (Å²) >= 11 is 6.30. The maximum absolute atomic E-state index is 13.1. The molecule has 7 nitrogen and oxygen atoms in total. The minimum absolute atomic E-state index is 0.128. The Morgan fingerprint density at radius 1 is 1.10 bits per heavy atom. The van der Waals surface area contributed by atoms with Crippen molar-refractivity contribution in [2.75, 3.05) is 0 Å². The van der Waals surface area contributed by atoms with Gasteiger partial charge < -0.3 is 10.1 Å². The number of carbonyl (C=O) groups is 4. The first-order chi connectivity index (χ1) is 14.7. The Morgan fingerprint density at radius 2 is 1.68 bits per heavy atom. The van der Waals surface area contributed by atoms with Gasteiger partial charge in [-0.1, -0.05) is 42.0 Å². The Kier molecular flexibility index (Phi) is 7.15. The number of ether oxygens (including phenoxy) is 1. The molecule has 4 unspecified atom stereocenters. The van der Waals surface area contributed by atoms with Crippen LogP contribution in [0.5, 0.6) is 0 Å². The van der Waals surface area contributed by atoms with E-state index in [9.17, 15) is 19.2 Å². The van der Waals surface area contributed by atoms with Gasteiger partial charge >= 0.3 is 5.97 Å². The van der Waals surface area contributed by atoms with Crippen molar-refractivity contribution in [3.05, 3.63) is 47.0 Å². The van der Waals surface area contributed by atoms with E-state index in [4.69, 9.17) is 16.3 Å². The van der Waals surface area contributed by atoms with Gasteiger partial charge in [0.05, 0.1) is 30.4 Å². The van der Waals surface area contributed by atoms with Gasteiger partial charge in [-0.25, -0.2) is 0 Å². The molecule has 4 atom stereocenters. The lowest BCUT2D eigenvalue weighted by Gasteiger charge is -2.26. The second-order valence-electron chi connectivity index (χ2n) is 8.20. The quantitative estimate of drug-likeness (QED) is 0.394. The summed E-state index contributed by atoms with van der Waals surface area (Å²) in [7, 11) is 0. The molecule has 0 radical (unpaired) electrons. The fourth-order valence-electron chi connectivity index (χ4n) is 4.09. The lowest BCUT2D eigenvalue weighted by atomic mass is 9.85. The topological polar surface area (TPSA) is 92.8 Å². The molecule has 1 heterocycles. The average Bonchev–Trinajstić information content (AvgIpc) is 2.97. The molecule has 1 aliphatic carbocycles. The van der Waals surface area contributed by atoms with E-state index >= 15 is 0 Å². The molecule has 3 rings (SSSR count). The van der Waals surface area contributed by atoms with Crippen LogP contribution in [0, 0.1) is 11.8 Å². The summed E-state index contributed by atoms with van der Waals surface area (Å²) in [6.07, 6.45) is 4.37. The maximum atomic E-state index is 13.1. The van der Waals surface area contributed by atoms with Crippen molar-refractivity contribution in [3.63, 3.8) is 0 Å². The number of fused-ring (bicyclic) bond motifs is 1. The van der Waals surface area contributed by atoms with E-state index in [1.807, 2.05) is 12.2 Å². The highest BCUT2D eigenvalue weighted by Crippen LogP contribution is 2.36. The number of carbonyl (C=O) groups excluding carboxylic acids is 4. The summed E-state index contributed by atoms with van der Waals surface area (Å²) in [4.78, 5) is 52.0. The molecule has 0 saturated carbocycles. The first-order valence-corrected chi connectivity index (χ1v) is 10.8. The van der Waals surface area contributed by atoms with Gasteiger partial charge in [-0.15, -0.1) is 0 Å². The fourth-order valence-corrected chi connectivity index (χ4v) is 4.36. The number of imide groups is 1. The molecule has 31 heavy (non-hydrogen) atoms. The number of nitrogens with zero attached hydrogens (tertiary/aromatic N) is 1. The number of benzene rings is 1. The minimum Gasteiger partial charge on any atom is -0.463 e. The number of nitrogens with one attached hydrogen (secondary N) is 1. The van der Waals surface area contributed by atoms with E-state index < -0.39 is 35.8 Å². The van der Waals surface area contributed by atoms with Gasteiger partial charge in [0.15, 0.2) is 0 Å². The second-order valence-corrected chi connectivity index (χ2v) is 8.61. The third-order valence-corrected chi connectivity index (χ3v) is 5.99. The normalized spacial score (nSPS) is 22.3. The molecule has 1 saturated heterocycles. The number of esters is 1. The smallest absolute Gasteiger partial charge is 0.308 e. The van der Waals surface area contributed by atoms with Crippen molar-refractivity contribution < 1.29 is 23.9 Å². The van der Waals surface area contributed by atoms with Crippen LogP contribution >= 0.6 is 11.6 Å². The molecule has 2 aliphatic rings. The van der Waals surface area contributed by atoms with Crippen LogP contribution in [0.25, 0.3) is 0 Å². The van der Waals surface area contributed by atoms with Crippen LogP contribution in [-0.2, 0) is 23.9 Å². The lowest BCUT2D eigenvalue weighted by Crippen LogP contribution is -2.49. The van der Waals surface area contributed by atoms with Gasteiger partial charge in [0.1, 0.15) is 6.04 Å². The van der Waals surface area contributed by atoms with E-state index in [0.29, 0.717) is 23.4 Å². The molecular formula is C23H27ClN2O5. The number of hydrogen-bond acceptors (Lipinski definition) is 5. The predicted octanol–water partition coefficient (Wildman–Crippen LogP) is 3.18. The summed E-state index contributed by atoms with van der Waals surface area (Å²) < 4.78 is 5.22. The predicted molar refractivity (Wildman–Crippen MR) is 115 cm³/mol. The number of likely N-dealkylation sites (tertiary alicyclic amines) is 1. The molecule has 0 aromatic heterocycles. The third-order valence-electron chi connectivity index (χ3n) is 5.64. The number of rotatable bonds is 7. The van der Waals surface area contributed by atoms with Crippen LogP contribution in [-0.4, -0.2) is 40.7 Å². The average molecular weight is 447 g/mol. The van der Waals surface area contributed by atoms with Crippen LogP contribution in [0.1, 0.15) is 51.6 Å². The molecule has 3 amide bonds. The summed E-state index contributed by atoms with van der Waals surface area (Å²) in [5.41, 5.74) is 0.558. The van der Waals surface area contributed by atoms with Crippen molar-refractivity contribution in [1.82, 2.24) is 10.2 Å². The van der Waals surface area contributed by atoms with E-state index in [-0.39, 0.29) is 24.3 Å². The zero-order chi connectivity index (χ0) is 22.7. The molecule has 1 aromatic carbocycles. The molecule has 1 aromatic rings. The highest BCUT2D eigenvalue weighted by atomic mass is 35.5. The monoisotopic (exact) mass is 446 g/mol. The van der Waals surface area contributed by atoms with Gasteiger partial charge in [0, 0.05) is 5.02 Å². The van der Waals surface area contributed by atoms with E-state index in [1.165, 1.54) is 6.92 Å². The molecule has 166 valence electrons. The summed E-state index contributed by atoms with van der Waals surface area (Å²) in [6, 6.07) is 5.12. The molecule has 1 fully saturated rings. The van der Waals surface area contributed by atoms with Crippen molar-refractivity contribution in [3.8, 4) is 0 Å². The summed E-state index contributed by atoms with van der Waals surface area (Å²) in [6.45, 7) is 5.00. The highest BCUT2D eigenvalue weighted by molar-refractivity contribution is 6.31. The fraction of sp³-hybridized carbons (Fsp3) is 0.478. The van der Waals surface area contributed by atoms with Crippen LogP contribution in [0.2, 0.25) is 5.02 Å². The van der Waals surface area contributed by atoms with E-state index in [0.717, 1.165) is 4.90 Å². The Hall–Kier alpha value is -2.67. The van der Waals surface area contributed by atoms with Gasteiger partial charge in [0.2, 0.25) is 17.7 Å². The minimum atomic E-state index is -1.00. The first kappa shape index (κ1) is 23.0. The Labute approximate surface area is 186 Å². The summed E-state index contributed by atoms with van der Waals surface area (Å²) in [5, 5.41) is 3.18. The van der Waals surface area contributed by atoms with E-state index in [2.05, 4.69) is 5.32 Å². The lowest BCUT2D eigenvalue weighted by molar-refractivity contribution is -0.150. The van der Waals surface area contributed by atoms with Gasteiger partial charge in [-0.3, -0.25) is 24.1 Å². The number of halogens is 1. The Bertz CT molecular complexity index is 887. The summed E-state index contributed by atoms with van der Waals surface area (Å²) in [5.74, 6) is -2.49. The molecule has 1 N–H and O–H groups in total. The number of allylic oxidation sites excluding steroid dienone is 2. The zero-order valence-corrected chi connectivity index (χ0v) is 18.6. The zero-order valence-electron chi connectivity index (χ0n) is 17.8. The Morgan fingerprint density at radius 3 is 2.23 bits per heavy atom. The van der Waals surface area contributed by atoms with Crippen molar-refractivity contribution in [2.45, 2.75) is 58.2 Å². The van der Waals surface area contributed by atoms with Gasteiger partial charge in [-0.2, -0.15) is 0 Å². The molecule has 0 bridgehead atoms. The van der Waals surface area contributed by atoms with Crippen LogP contribution in [0.3, 0.4) is 0 Å². The van der Waals surface area contributed by atoms with Gasteiger partial charge in [-0.05, 0) is 45.2 Å². The van der Waals surface area contributed by atoms with Crippen LogP contribution in [0.15, 0.2) is 36.4 Å². The SMILES string of the molecule is CC(C)OC(=O)CC(NC(=O)C(C)N1C(=O)C2CC=CCC2C1=O)c1ccccc1Cl. The molecule has 1 aliphatic heterocycles. The van der Waals surface area contributed by atoms with Crippen molar-refractivity contribution in [1.29, 1.82) is 0 Å². The molecule has 0 spiro atoms. The maximum Gasteiger partial charge on any atom is 0.308 e. The highest BCUT2D eigenvalue weighted by Gasteiger charge is 2.50. The second kappa shape index (κ2) is 9.64. The van der Waals surface area contributed by atoms with Gasteiger partial charge in [0.25, 0.3) is 0 Å². The van der Waals surface area contributed by atoms with Crippen molar-refractivity contribution in [2.24, 2.45) is 11.8 Å². The molecule has 8 heteroatoms. The molecular weight excluding hydrogens is 420 g/mol. The van der Waals surface area contributed by atoms with Crippen LogP contribution in [0.4, 0.5) is 0 Å². The third kappa shape index (κ3) is 4.98. The van der Waals surface area contributed by atoms with Crippen LogP contribution < -0.4 is 5.32 Å². The number of hydrogen-bond donors (Lipinski definition) is 1. The van der Waals surface area contributed by atoms with E-state index in [1.54, 1.807) is 38.1 Å². The van der Waals surface area contributed by atoms with Crippen molar-refractivity contribution >= 4 is 35.3 Å². The largest absolute Gasteiger partial charge is 0.463 e. The Balaban J connectivity index is 1.78. The first-order valence-electron chi connectivity index (χ1n) is 10.5. The standard InChI is InChI=1S/C23H27ClN2O5/c1-13(2)31-20(27)12-19(17-10-6-7-11-18(17)24)25-21(28)14(3)26-22(29)15-8-4-5-9-16(15)23(26)30/h4-7,10-11,13-16,19H,8-9,12H2,1-3H3,(H,25,28).